The first-order valence-electron chi connectivity index (χ1n) is 5.11. The number of rotatable bonds is 3. The third-order valence-electron chi connectivity index (χ3n) is 2.55. The first-order valence-corrected chi connectivity index (χ1v) is 5.11. The Morgan fingerprint density at radius 2 is 2.19 bits per heavy atom. The van der Waals surface area contributed by atoms with Gasteiger partial charge in [-0.25, -0.2) is 14.8 Å². The lowest BCUT2D eigenvalue weighted by atomic mass is 10.4. The maximum atomic E-state index is 11.0. The van der Waals surface area contributed by atoms with Gasteiger partial charge < -0.3 is 14.7 Å². The molecule has 0 bridgehead atoms. The van der Waals surface area contributed by atoms with Crippen molar-refractivity contribution in [3.8, 4) is 5.75 Å². The monoisotopic (exact) mass is 223 g/mol. The van der Waals surface area contributed by atoms with E-state index in [1.54, 1.807) is 0 Å². The molecule has 16 heavy (non-hydrogen) atoms. The number of aromatic carboxylic acids is 1. The molecule has 2 heterocycles. The van der Waals surface area contributed by atoms with Crippen LogP contribution in [0.25, 0.3) is 0 Å². The van der Waals surface area contributed by atoms with Gasteiger partial charge in [0, 0.05) is 13.1 Å². The van der Waals surface area contributed by atoms with E-state index in [9.17, 15) is 4.79 Å². The smallest absolute Gasteiger partial charge is 0.358 e. The maximum Gasteiger partial charge on any atom is 0.358 e. The molecule has 1 aliphatic rings. The van der Waals surface area contributed by atoms with Crippen molar-refractivity contribution in [1.29, 1.82) is 0 Å². The van der Waals surface area contributed by atoms with Crippen LogP contribution in [0.5, 0.6) is 5.75 Å². The molecule has 6 heteroatoms. The number of hydrogen-bond acceptors (Lipinski definition) is 5. The zero-order chi connectivity index (χ0) is 11.5. The summed E-state index contributed by atoms with van der Waals surface area (Å²) in [5.41, 5.74) is -0.0839. The molecule has 0 atom stereocenters. The van der Waals surface area contributed by atoms with Crippen molar-refractivity contribution in [2.75, 3.05) is 25.1 Å². The highest BCUT2D eigenvalue weighted by Crippen LogP contribution is 2.20. The molecular formula is C10H13N3O3. The van der Waals surface area contributed by atoms with Gasteiger partial charge in [0.15, 0.2) is 11.4 Å². The summed E-state index contributed by atoms with van der Waals surface area (Å²) in [7, 11) is 1.40. The summed E-state index contributed by atoms with van der Waals surface area (Å²) >= 11 is 0. The molecular weight excluding hydrogens is 210 g/mol. The summed E-state index contributed by atoms with van der Waals surface area (Å²) in [6, 6.07) is 0. The lowest BCUT2D eigenvalue weighted by molar-refractivity contribution is 0.0686. The Bertz CT molecular complexity index is 402. The number of methoxy groups -OCH3 is 1. The molecule has 0 amide bonds. The number of carboxylic acid groups (broad SMARTS) is 1. The number of carboxylic acids is 1. The number of carbonyl (C=O) groups is 1. The fraction of sp³-hybridized carbons (Fsp3) is 0.500. The molecule has 1 aromatic heterocycles. The van der Waals surface area contributed by atoms with Gasteiger partial charge in [-0.2, -0.15) is 0 Å². The van der Waals surface area contributed by atoms with E-state index in [0.29, 0.717) is 5.95 Å². The van der Waals surface area contributed by atoms with Crippen molar-refractivity contribution in [1.82, 2.24) is 9.97 Å². The van der Waals surface area contributed by atoms with Gasteiger partial charge in [-0.05, 0) is 12.8 Å². The first kappa shape index (κ1) is 10.7. The fourth-order valence-electron chi connectivity index (χ4n) is 1.73. The Hall–Kier alpha value is -1.85. The van der Waals surface area contributed by atoms with E-state index in [0.717, 1.165) is 25.9 Å². The molecule has 0 unspecified atom stereocenters. The molecule has 86 valence electrons. The van der Waals surface area contributed by atoms with E-state index < -0.39 is 5.97 Å². The first-order chi connectivity index (χ1) is 7.72. The summed E-state index contributed by atoms with van der Waals surface area (Å²) in [4.78, 5) is 21.1. The number of ether oxygens (including phenoxy) is 1. The summed E-state index contributed by atoms with van der Waals surface area (Å²) in [5.74, 6) is -0.439. The quantitative estimate of drug-likeness (QED) is 0.816. The Morgan fingerprint density at radius 3 is 2.75 bits per heavy atom. The van der Waals surface area contributed by atoms with Gasteiger partial charge in [-0.3, -0.25) is 0 Å². The summed E-state index contributed by atoms with van der Waals surface area (Å²) in [6.07, 6.45) is 3.60. The standard InChI is InChI=1S/C10H13N3O3/c1-16-7-6-11-10(12-8(7)9(14)15)13-4-2-3-5-13/h6H,2-5H2,1H3,(H,14,15). The highest BCUT2D eigenvalue weighted by molar-refractivity contribution is 5.88. The molecule has 0 aliphatic carbocycles. The Morgan fingerprint density at radius 1 is 1.50 bits per heavy atom. The van der Waals surface area contributed by atoms with Gasteiger partial charge in [0.1, 0.15) is 0 Å². The number of nitrogens with zero attached hydrogens (tertiary/aromatic N) is 3. The second-order valence-electron chi connectivity index (χ2n) is 3.59. The largest absolute Gasteiger partial charge is 0.493 e. The summed E-state index contributed by atoms with van der Waals surface area (Å²) < 4.78 is 4.90. The third kappa shape index (κ3) is 1.91. The topological polar surface area (TPSA) is 75.5 Å². The normalized spacial score (nSPS) is 15.2. The van der Waals surface area contributed by atoms with E-state index in [2.05, 4.69) is 9.97 Å². The molecule has 2 rings (SSSR count). The predicted molar refractivity (Wildman–Crippen MR) is 57.0 cm³/mol. The number of hydrogen-bond donors (Lipinski definition) is 1. The van der Waals surface area contributed by atoms with E-state index in [1.165, 1.54) is 13.3 Å². The Labute approximate surface area is 92.9 Å². The molecule has 6 nitrogen and oxygen atoms in total. The molecule has 0 aromatic carbocycles. The molecule has 1 aliphatic heterocycles. The fourth-order valence-corrected chi connectivity index (χ4v) is 1.73. The molecule has 1 fully saturated rings. The molecule has 1 saturated heterocycles. The number of aromatic nitrogens is 2. The van der Waals surface area contributed by atoms with Crippen LogP contribution in [-0.2, 0) is 0 Å². The van der Waals surface area contributed by atoms with Crippen LogP contribution in [-0.4, -0.2) is 41.2 Å². The zero-order valence-electron chi connectivity index (χ0n) is 9.01. The van der Waals surface area contributed by atoms with E-state index in [-0.39, 0.29) is 11.4 Å². The van der Waals surface area contributed by atoms with Crippen molar-refractivity contribution in [2.45, 2.75) is 12.8 Å². The minimum absolute atomic E-state index is 0.0839. The van der Waals surface area contributed by atoms with Crippen LogP contribution in [0.4, 0.5) is 5.95 Å². The van der Waals surface area contributed by atoms with Crippen LogP contribution < -0.4 is 9.64 Å². The zero-order valence-corrected chi connectivity index (χ0v) is 9.01. The molecule has 0 spiro atoms. The van der Waals surface area contributed by atoms with Gasteiger partial charge in [-0.1, -0.05) is 0 Å². The van der Waals surface area contributed by atoms with Crippen LogP contribution in [0.3, 0.4) is 0 Å². The minimum Gasteiger partial charge on any atom is -0.493 e. The van der Waals surface area contributed by atoms with E-state index in [1.807, 2.05) is 4.90 Å². The Kier molecular flexibility index (Phi) is 2.89. The van der Waals surface area contributed by atoms with Crippen molar-refractivity contribution < 1.29 is 14.6 Å². The highest BCUT2D eigenvalue weighted by Gasteiger charge is 2.19. The third-order valence-corrected chi connectivity index (χ3v) is 2.55. The predicted octanol–water partition coefficient (Wildman–Crippen LogP) is 0.784. The highest BCUT2D eigenvalue weighted by atomic mass is 16.5. The SMILES string of the molecule is COc1cnc(N2CCCC2)nc1C(=O)O. The molecule has 0 saturated carbocycles. The summed E-state index contributed by atoms with van der Waals surface area (Å²) in [5, 5.41) is 8.98. The second kappa shape index (κ2) is 4.34. The number of anilines is 1. The average Bonchev–Trinajstić information content (AvgIpc) is 2.81. The van der Waals surface area contributed by atoms with Gasteiger partial charge >= 0.3 is 5.97 Å². The van der Waals surface area contributed by atoms with Gasteiger partial charge in [0.2, 0.25) is 5.95 Å². The maximum absolute atomic E-state index is 11.0. The van der Waals surface area contributed by atoms with Crippen LogP contribution >= 0.6 is 0 Å². The van der Waals surface area contributed by atoms with Gasteiger partial charge in [-0.15, -0.1) is 0 Å². The summed E-state index contributed by atoms with van der Waals surface area (Å²) in [6.45, 7) is 1.76. The van der Waals surface area contributed by atoms with Crippen LogP contribution in [0.15, 0.2) is 6.20 Å². The van der Waals surface area contributed by atoms with E-state index >= 15 is 0 Å². The minimum atomic E-state index is -1.10. The average molecular weight is 223 g/mol. The van der Waals surface area contributed by atoms with Gasteiger partial charge in [0.05, 0.1) is 13.3 Å². The molecule has 0 radical (unpaired) electrons. The van der Waals surface area contributed by atoms with Crippen molar-refractivity contribution in [3.63, 3.8) is 0 Å². The van der Waals surface area contributed by atoms with Crippen LogP contribution in [0.2, 0.25) is 0 Å². The van der Waals surface area contributed by atoms with Crippen LogP contribution in [0.1, 0.15) is 23.3 Å². The van der Waals surface area contributed by atoms with Crippen LogP contribution in [0, 0.1) is 0 Å². The lowest BCUT2D eigenvalue weighted by Gasteiger charge is -2.15. The van der Waals surface area contributed by atoms with E-state index in [4.69, 9.17) is 9.84 Å². The van der Waals surface area contributed by atoms with Gasteiger partial charge in [0.25, 0.3) is 0 Å². The van der Waals surface area contributed by atoms with Crippen molar-refractivity contribution in [2.24, 2.45) is 0 Å². The van der Waals surface area contributed by atoms with Crippen molar-refractivity contribution >= 4 is 11.9 Å². The Balaban J connectivity index is 2.34. The lowest BCUT2D eigenvalue weighted by Crippen LogP contribution is -2.21. The molecule has 1 aromatic rings. The molecule has 1 N–H and O–H groups in total. The second-order valence-corrected chi connectivity index (χ2v) is 3.59. The van der Waals surface area contributed by atoms with Crippen molar-refractivity contribution in [3.05, 3.63) is 11.9 Å².